The van der Waals surface area contributed by atoms with Crippen LogP contribution in [-0.4, -0.2) is 41.6 Å². The van der Waals surface area contributed by atoms with Crippen molar-refractivity contribution in [1.29, 1.82) is 0 Å². The van der Waals surface area contributed by atoms with Crippen LogP contribution in [0.1, 0.15) is 45.4 Å². The third-order valence-electron chi connectivity index (χ3n) is 3.76. The lowest BCUT2D eigenvalue weighted by molar-refractivity contribution is -0.141. The largest absolute Gasteiger partial charge is 0.480 e. The van der Waals surface area contributed by atoms with Crippen LogP contribution in [0.2, 0.25) is 0 Å². The number of amides is 2. The maximum Gasteiger partial charge on any atom is 0.326 e. The van der Waals surface area contributed by atoms with Crippen molar-refractivity contribution in [2.75, 3.05) is 13.6 Å². The highest BCUT2D eigenvalue weighted by molar-refractivity contribution is 5.82. The number of aliphatic carboxylic acids is 1. The number of carbonyl (C=O) groups excluding carboxylic acids is 1. The highest BCUT2D eigenvalue weighted by Gasteiger charge is 2.24. The number of carboxylic acids is 1. The molecule has 1 aliphatic rings. The predicted molar refractivity (Wildman–Crippen MR) is 69.5 cm³/mol. The minimum atomic E-state index is -0.953. The average molecular weight is 256 g/mol. The molecule has 1 atom stereocenters. The number of likely N-dealkylation sites (N-methyl/N-ethyl adjacent to an activating group) is 1. The Morgan fingerprint density at radius 3 is 2.50 bits per heavy atom. The van der Waals surface area contributed by atoms with Crippen molar-refractivity contribution in [2.45, 2.75) is 51.5 Å². The highest BCUT2D eigenvalue weighted by Crippen LogP contribution is 2.26. The van der Waals surface area contributed by atoms with E-state index in [1.165, 1.54) is 37.6 Å². The summed E-state index contributed by atoms with van der Waals surface area (Å²) >= 11 is 0. The van der Waals surface area contributed by atoms with Crippen molar-refractivity contribution >= 4 is 12.0 Å². The van der Waals surface area contributed by atoms with E-state index >= 15 is 0 Å². The Bertz CT molecular complexity index is 288. The van der Waals surface area contributed by atoms with Gasteiger partial charge in [-0.2, -0.15) is 0 Å². The maximum atomic E-state index is 11.8. The summed E-state index contributed by atoms with van der Waals surface area (Å²) in [6, 6.07) is -1.03. The van der Waals surface area contributed by atoms with Crippen LogP contribution >= 0.6 is 0 Å². The zero-order valence-corrected chi connectivity index (χ0v) is 11.3. The molecule has 1 fully saturated rings. The number of nitrogens with one attached hydrogen (secondary N) is 1. The molecule has 0 aromatic rings. The fraction of sp³-hybridized carbons (Fsp3) is 0.846. The van der Waals surface area contributed by atoms with E-state index in [4.69, 9.17) is 5.11 Å². The quantitative estimate of drug-likeness (QED) is 0.764. The second-order valence-electron chi connectivity index (χ2n) is 5.04. The number of nitrogens with zero attached hydrogens (tertiary/aromatic N) is 1. The highest BCUT2D eigenvalue weighted by atomic mass is 16.4. The van der Waals surface area contributed by atoms with Gasteiger partial charge in [-0.15, -0.1) is 0 Å². The van der Waals surface area contributed by atoms with Gasteiger partial charge in [0.05, 0.1) is 0 Å². The lowest BCUT2D eigenvalue weighted by atomic mass is 10.0. The van der Waals surface area contributed by atoms with Crippen LogP contribution in [-0.2, 0) is 4.79 Å². The van der Waals surface area contributed by atoms with Crippen LogP contribution in [0, 0.1) is 5.92 Å². The summed E-state index contributed by atoms with van der Waals surface area (Å²) in [5.41, 5.74) is 0. The molecule has 0 aliphatic heterocycles. The molecule has 0 heterocycles. The number of urea groups is 1. The first-order chi connectivity index (χ1) is 8.56. The number of hydrogen-bond acceptors (Lipinski definition) is 2. The Morgan fingerprint density at radius 1 is 1.39 bits per heavy atom. The fourth-order valence-electron chi connectivity index (χ4n) is 2.56. The molecule has 0 bridgehead atoms. The fourth-order valence-corrected chi connectivity index (χ4v) is 2.56. The molecule has 0 radical (unpaired) electrons. The normalized spacial score (nSPS) is 17.4. The number of hydrogen-bond donors (Lipinski definition) is 2. The molecule has 0 aromatic heterocycles. The van der Waals surface area contributed by atoms with E-state index in [1.807, 2.05) is 0 Å². The summed E-state index contributed by atoms with van der Waals surface area (Å²) in [6.07, 6.45) is 6.55. The molecule has 18 heavy (non-hydrogen) atoms. The molecule has 1 rings (SSSR count). The Labute approximate surface area is 109 Å². The van der Waals surface area contributed by atoms with Crippen molar-refractivity contribution in [3.63, 3.8) is 0 Å². The second kappa shape index (κ2) is 7.24. The number of carbonyl (C=O) groups is 2. The minimum Gasteiger partial charge on any atom is -0.480 e. The third kappa shape index (κ3) is 4.20. The first-order valence-corrected chi connectivity index (χ1v) is 6.79. The van der Waals surface area contributed by atoms with Crippen LogP contribution in [0.5, 0.6) is 0 Å². The lowest BCUT2D eigenvalue weighted by Gasteiger charge is -2.24. The molecular formula is C13H24N2O3. The first kappa shape index (κ1) is 14.8. The molecule has 0 saturated heterocycles. The van der Waals surface area contributed by atoms with Gasteiger partial charge in [0.2, 0.25) is 0 Å². The minimum absolute atomic E-state index is 0.290. The van der Waals surface area contributed by atoms with E-state index in [9.17, 15) is 9.59 Å². The number of carboxylic acid groups (broad SMARTS) is 1. The van der Waals surface area contributed by atoms with Crippen molar-refractivity contribution in [3.8, 4) is 0 Å². The van der Waals surface area contributed by atoms with Crippen LogP contribution in [0.15, 0.2) is 0 Å². The molecule has 1 saturated carbocycles. The molecule has 104 valence electrons. The van der Waals surface area contributed by atoms with E-state index in [2.05, 4.69) is 5.32 Å². The summed E-state index contributed by atoms with van der Waals surface area (Å²) in [4.78, 5) is 24.0. The topological polar surface area (TPSA) is 69.6 Å². The monoisotopic (exact) mass is 256 g/mol. The molecule has 0 aromatic carbocycles. The lowest BCUT2D eigenvalue weighted by Crippen LogP contribution is -2.47. The molecule has 1 aliphatic carbocycles. The molecule has 2 amide bonds. The van der Waals surface area contributed by atoms with Gasteiger partial charge in [0, 0.05) is 13.6 Å². The molecule has 5 nitrogen and oxygen atoms in total. The molecule has 2 N–H and O–H groups in total. The predicted octanol–water partition coefficient (Wildman–Crippen LogP) is 2.07. The molecule has 5 heteroatoms. The standard InChI is InChI=1S/C13H24N2O3/c1-3-11(12(16)17)15(2)13(18)14-9-8-10-6-4-5-7-10/h10-11H,3-9H2,1-2H3,(H,14,18)(H,16,17). The SMILES string of the molecule is CCC(C(=O)O)N(C)C(=O)NCCC1CCCC1. The van der Waals surface area contributed by atoms with Crippen LogP contribution < -0.4 is 5.32 Å². The zero-order valence-electron chi connectivity index (χ0n) is 11.3. The van der Waals surface area contributed by atoms with Gasteiger partial charge in [0.1, 0.15) is 6.04 Å². The van der Waals surface area contributed by atoms with E-state index < -0.39 is 12.0 Å². The third-order valence-corrected chi connectivity index (χ3v) is 3.76. The van der Waals surface area contributed by atoms with E-state index in [1.54, 1.807) is 6.92 Å². The Hall–Kier alpha value is -1.26. The van der Waals surface area contributed by atoms with E-state index in [-0.39, 0.29) is 6.03 Å². The number of rotatable bonds is 6. The Morgan fingerprint density at radius 2 is 2.00 bits per heavy atom. The van der Waals surface area contributed by atoms with Crippen LogP contribution in [0.4, 0.5) is 4.79 Å². The van der Waals surface area contributed by atoms with Gasteiger partial charge in [-0.25, -0.2) is 9.59 Å². The van der Waals surface area contributed by atoms with Gasteiger partial charge >= 0.3 is 12.0 Å². The maximum absolute atomic E-state index is 11.8. The van der Waals surface area contributed by atoms with Crippen molar-refractivity contribution < 1.29 is 14.7 Å². The molecular weight excluding hydrogens is 232 g/mol. The van der Waals surface area contributed by atoms with Crippen LogP contribution in [0.25, 0.3) is 0 Å². The van der Waals surface area contributed by atoms with Gasteiger partial charge in [0.25, 0.3) is 0 Å². The summed E-state index contributed by atoms with van der Waals surface area (Å²) in [7, 11) is 1.53. The van der Waals surface area contributed by atoms with Crippen molar-refractivity contribution in [3.05, 3.63) is 0 Å². The summed E-state index contributed by atoms with van der Waals surface area (Å²) < 4.78 is 0. The summed E-state index contributed by atoms with van der Waals surface area (Å²) in [6.45, 7) is 2.41. The van der Waals surface area contributed by atoms with Crippen molar-refractivity contribution in [1.82, 2.24) is 10.2 Å². The van der Waals surface area contributed by atoms with Gasteiger partial charge in [-0.1, -0.05) is 32.6 Å². The zero-order chi connectivity index (χ0) is 13.5. The summed E-state index contributed by atoms with van der Waals surface area (Å²) in [5, 5.41) is 11.8. The van der Waals surface area contributed by atoms with E-state index in [0.29, 0.717) is 13.0 Å². The van der Waals surface area contributed by atoms with Gasteiger partial charge in [0.15, 0.2) is 0 Å². The Balaban J connectivity index is 2.28. The molecule has 0 spiro atoms. The van der Waals surface area contributed by atoms with Crippen molar-refractivity contribution in [2.24, 2.45) is 5.92 Å². The van der Waals surface area contributed by atoms with Crippen LogP contribution in [0.3, 0.4) is 0 Å². The first-order valence-electron chi connectivity index (χ1n) is 6.79. The van der Waals surface area contributed by atoms with Gasteiger partial charge in [-0.3, -0.25) is 0 Å². The smallest absolute Gasteiger partial charge is 0.326 e. The van der Waals surface area contributed by atoms with Gasteiger partial charge in [-0.05, 0) is 18.8 Å². The van der Waals surface area contributed by atoms with E-state index in [0.717, 1.165) is 12.3 Å². The Kier molecular flexibility index (Phi) is 5.95. The van der Waals surface area contributed by atoms with Gasteiger partial charge < -0.3 is 15.3 Å². The summed E-state index contributed by atoms with van der Waals surface area (Å²) in [5.74, 6) is -0.219. The average Bonchev–Trinajstić information content (AvgIpc) is 2.82. The molecule has 1 unspecified atom stereocenters. The second-order valence-corrected chi connectivity index (χ2v) is 5.04.